The number of aromatic nitrogens is 2. The summed E-state index contributed by atoms with van der Waals surface area (Å²) in [5.41, 5.74) is 0.190. The second-order valence-corrected chi connectivity index (χ2v) is 5.77. The zero-order chi connectivity index (χ0) is 17.8. The van der Waals surface area contributed by atoms with E-state index in [4.69, 9.17) is 4.74 Å². The number of carbonyl (C=O) groups is 1. The molecular weight excluding hydrogens is 324 g/mol. The molecule has 25 heavy (non-hydrogen) atoms. The van der Waals surface area contributed by atoms with E-state index in [9.17, 15) is 14.4 Å². The lowest BCUT2D eigenvalue weighted by Gasteiger charge is -2.36. The molecule has 1 saturated heterocycles. The van der Waals surface area contributed by atoms with E-state index >= 15 is 0 Å². The normalized spacial score (nSPS) is 14.4. The van der Waals surface area contributed by atoms with Crippen LogP contribution in [0.5, 0.6) is 5.75 Å². The van der Waals surface area contributed by atoms with E-state index < -0.39 is 11.1 Å². The topological polar surface area (TPSA) is 87.6 Å². The second-order valence-electron chi connectivity index (χ2n) is 5.77. The van der Waals surface area contributed by atoms with Crippen molar-refractivity contribution in [1.29, 1.82) is 0 Å². The number of anilines is 1. The van der Waals surface area contributed by atoms with E-state index in [1.165, 1.54) is 0 Å². The Kier molecular flexibility index (Phi) is 4.87. The predicted octanol–water partition coefficient (Wildman–Crippen LogP) is -0.106. The third-order valence-electron chi connectivity index (χ3n) is 4.24. The van der Waals surface area contributed by atoms with Crippen LogP contribution >= 0.6 is 0 Å². The first kappa shape index (κ1) is 16.8. The molecule has 8 heteroatoms. The Morgan fingerprint density at radius 2 is 1.80 bits per heavy atom. The van der Waals surface area contributed by atoms with Gasteiger partial charge in [-0.25, -0.2) is 4.68 Å². The summed E-state index contributed by atoms with van der Waals surface area (Å²) in [4.78, 5) is 39.3. The van der Waals surface area contributed by atoms with E-state index in [0.717, 1.165) is 28.3 Å². The first-order valence-corrected chi connectivity index (χ1v) is 8.04. The Morgan fingerprint density at radius 3 is 2.52 bits per heavy atom. The van der Waals surface area contributed by atoms with Crippen molar-refractivity contribution in [3.63, 3.8) is 0 Å². The average Bonchev–Trinajstić information content (AvgIpc) is 2.64. The molecule has 1 aliphatic heterocycles. The number of aromatic amines is 1. The maximum atomic E-state index is 12.4. The van der Waals surface area contributed by atoms with Crippen LogP contribution in [0, 0.1) is 0 Å². The van der Waals surface area contributed by atoms with E-state index in [-0.39, 0.29) is 12.5 Å². The largest absolute Gasteiger partial charge is 0.495 e. The first-order valence-electron chi connectivity index (χ1n) is 8.04. The monoisotopic (exact) mass is 344 g/mol. The van der Waals surface area contributed by atoms with Crippen molar-refractivity contribution >= 4 is 11.6 Å². The lowest BCUT2D eigenvalue weighted by atomic mass is 10.2. The van der Waals surface area contributed by atoms with E-state index in [1.807, 2.05) is 24.3 Å². The summed E-state index contributed by atoms with van der Waals surface area (Å²) in [5, 5.41) is 2.37. The Morgan fingerprint density at radius 1 is 1.08 bits per heavy atom. The van der Waals surface area contributed by atoms with Gasteiger partial charge in [-0.05, 0) is 12.1 Å². The van der Waals surface area contributed by atoms with Crippen molar-refractivity contribution in [2.24, 2.45) is 0 Å². The molecule has 0 atom stereocenters. The molecule has 1 aliphatic rings. The number of nitrogens with one attached hydrogen (secondary N) is 1. The molecule has 0 saturated carbocycles. The smallest absolute Gasteiger partial charge is 0.265 e. The Labute approximate surface area is 144 Å². The summed E-state index contributed by atoms with van der Waals surface area (Å²) >= 11 is 0. The number of H-pyrrole nitrogens is 1. The van der Waals surface area contributed by atoms with Crippen molar-refractivity contribution in [3.8, 4) is 5.75 Å². The van der Waals surface area contributed by atoms with Crippen LogP contribution in [0.25, 0.3) is 0 Å². The number of nitrogens with zero attached hydrogens (tertiary/aromatic N) is 3. The van der Waals surface area contributed by atoms with Crippen LogP contribution in [0.2, 0.25) is 0 Å². The molecule has 132 valence electrons. The van der Waals surface area contributed by atoms with Gasteiger partial charge in [-0.15, -0.1) is 0 Å². The number of hydrogen-bond acceptors (Lipinski definition) is 5. The van der Waals surface area contributed by atoms with E-state index in [2.05, 4.69) is 10.00 Å². The fraction of sp³-hybridized carbons (Fsp3) is 0.353. The van der Waals surface area contributed by atoms with Crippen molar-refractivity contribution in [3.05, 3.63) is 57.1 Å². The summed E-state index contributed by atoms with van der Waals surface area (Å²) in [6, 6.07) is 10.1. The maximum absolute atomic E-state index is 12.4. The van der Waals surface area contributed by atoms with Crippen LogP contribution in [0.3, 0.4) is 0 Å². The van der Waals surface area contributed by atoms with E-state index in [0.29, 0.717) is 26.2 Å². The van der Waals surface area contributed by atoms with Crippen LogP contribution in [-0.4, -0.2) is 53.9 Å². The fourth-order valence-corrected chi connectivity index (χ4v) is 2.90. The minimum atomic E-state index is -0.409. The molecule has 1 fully saturated rings. The van der Waals surface area contributed by atoms with Crippen LogP contribution in [0.1, 0.15) is 0 Å². The molecule has 0 radical (unpaired) electrons. The van der Waals surface area contributed by atoms with Gasteiger partial charge < -0.3 is 14.5 Å². The maximum Gasteiger partial charge on any atom is 0.265 e. The second kappa shape index (κ2) is 7.25. The van der Waals surface area contributed by atoms with Gasteiger partial charge in [-0.1, -0.05) is 12.1 Å². The number of rotatable bonds is 4. The van der Waals surface area contributed by atoms with Gasteiger partial charge >= 0.3 is 0 Å². The summed E-state index contributed by atoms with van der Waals surface area (Å²) in [7, 11) is 1.64. The Hall–Kier alpha value is -3.03. The number of carbonyl (C=O) groups excluding carboxylic acids is 1. The lowest BCUT2D eigenvalue weighted by molar-refractivity contribution is -0.132. The molecular formula is C17H20N4O4. The number of amides is 1. The number of methoxy groups -OCH3 is 1. The molecule has 1 aromatic heterocycles. The molecule has 0 unspecified atom stereocenters. The minimum absolute atomic E-state index is 0.163. The third kappa shape index (κ3) is 3.73. The SMILES string of the molecule is COc1ccccc1N1CCN(C(=O)Cn2[nH]c(=O)ccc2=O)CC1. The summed E-state index contributed by atoms with van der Waals surface area (Å²) in [6.45, 7) is 2.27. The molecule has 1 aromatic carbocycles. The van der Waals surface area contributed by atoms with Gasteiger partial charge in [0.15, 0.2) is 0 Å². The van der Waals surface area contributed by atoms with Crippen LogP contribution < -0.4 is 20.8 Å². The number of benzene rings is 1. The average molecular weight is 344 g/mol. The first-order chi connectivity index (χ1) is 12.1. The van der Waals surface area contributed by atoms with Crippen molar-refractivity contribution in [2.45, 2.75) is 6.54 Å². The van der Waals surface area contributed by atoms with Crippen LogP contribution in [0.15, 0.2) is 46.0 Å². The van der Waals surface area contributed by atoms with Crippen LogP contribution in [-0.2, 0) is 11.3 Å². The van der Waals surface area contributed by atoms with Crippen LogP contribution in [0.4, 0.5) is 5.69 Å². The number of para-hydroxylation sites is 2. The zero-order valence-corrected chi connectivity index (χ0v) is 14.0. The fourth-order valence-electron chi connectivity index (χ4n) is 2.90. The summed E-state index contributed by atoms with van der Waals surface area (Å²) in [5.74, 6) is 0.610. The van der Waals surface area contributed by atoms with Gasteiger partial charge in [0.05, 0.1) is 12.8 Å². The minimum Gasteiger partial charge on any atom is -0.495 e. The third-order valence-corrected chi connectivity index (χ3v) is 4.24. The lowest BCUT2D eigenvalue weighted by Crippen LogP contribution is -2.50. The summed E-state index contributed by atoms with van der Waals surface area (Å²) < 4.78 is 6.42. The molecule has 2 aromatic rings. The molecule has 1 N–H and O–H groups in total. The predicted molar refractivity (Wildman–Crippen MR) is 93.1 cm³/mol. The highest BCUT2D eigenvalue weighted by Gasteiger charge is 2.23. The van der Waals surface area contributed by atoms with Gasteiger partial charge in [0.2, 0.25) is 5.91 Å². The van der Waals surface area contributed by atoms with Gasteiger partial charge in [-0.2, -0.15) is 0 Å². The molecule has 8 nitrogen and oxygen atoms in total. The molecule has 0 aliphatic carbocycles. The van der Waals surface area contributed by atoms with Crippen molar-refractivity contribution < 1.29 is 9.53 Å². The zero-order valence-electron chi connectivity index (χ0n) is 14.0. The highest BCUT2D eigenvalue weighted by Crippen LogP contribution is 2.28. The quantitative estimate of drug-likeness (QED) is 0.836. The molecule has 0 bridgehead atoms. The number of hydrogen-bond donors (Lipinski definition) is 1. The van der Waals surface area contributed by atoms with Gasteiger partial charge in [0, 0.05) is 38.3 Å². The van der Waals surface area contributed by atoms with Gasteiger partial charge in [0.1, 0.15) is 12.3 Å². The molecule has 1 amide bonds. The molecule has 3 rings (SSSR count). The van der Waals surface area contributed by atoms with Crippen molar-refractivity contribution in [1.82, 2.24) is 14.7 Å². The Balaban J connectivity index is 1.64. The van der Waals surface area contributed by atoms with Gasteiger partial charge in [0.25, 0.3) is 11.1 Å². The van der Waals surface area contributed by atoms with Gasteiger partial charge in [-0.3, -0.25) is 19.5 Å². The van der Waals surface area contributed by atoms with Crippen molar-refractivity contribution in [2.75, 3.05) is 38.2 Å². The van der Waals surface area contributed by atoms with E-state index in [1.54, 1.807) is 12.0 Å². The standard InChI is InChI=1S/C17H20N4O4/c1-25-14-5-3-2-4-13(14)19-8-10-20(11-9-19)17(24)12-21-16(23)7-6-15(22)18-21/h2-7H,8-12H2,1H3,(H,18,22). The number of ether oxygens (including phenoxy) is 1. The number of piperazine rings is 1. The molecule has 0 spiro atoms. The highest BCUT2D eigenvalue weighted by molar-refractivity contribution is 5.76. The molecule has 2 heterocycles. The highest BCUT2D eigenvalue weighted by atomic mass is 16.5. The summed E-state index contributed by atoms with van der Waals surface area (Å²) in [6.07, 6.45) is 0. The Bertz CT molecular complexity index is 865.